The van der Waals surface area contributed by atoms with E-state index >= 15 is 0 Å². The predicted molar refractivity (Wildman–Crippen MR) is 109 cm³/mol. The molecular formula is C20H19FN4O7. The maximum absolute atomic E-state index is 13.0. The third-order valence-electron chi connectivity index (χ3n) is 4.08. The Bertz CT molecular complexity index is 1010. The topological polar surface area (TPSA) is 171 Å². The first-order valence-corrected chi connectivity index (χ1v) is 9.21. The summed E-state index contributed by atoms with van der Waals surface area (Å²) in [6.45, 7) is -0.713. The summed E-state index contributed by atoms with van der Waals surface area (Å²) in [6, 6.07) is 8.23. The molecular weight excluding hydrogens is 427 g/mol. The normalized spacial score (nSPS) is 11.2. The van der Waals surface area contributed by atoms with Crippen molar-refractivity contribution in [2.45, 2.75) is 18.9 Å². The minimum Gasteiger partial charge on any atom is -0.454 e. The summed E-state index contributed by atoms with van der Waals surface area (Å²) in [5.41, 5.74) is 5.23. The Hall–Kier alpha value is -4.35. The number of esters is 1. The maximum Gasteiger partial charge on any atom is 0.329 e. The van der Waals surface area contributed by atoms with Crippen LogP contribution in [0.5, 0.6) is 0 Å². The number of halogens is 1. The first-order valence-electron chi connectivity index (χ1n) is 9.21. The number of anilines is 1. The molecule has 0 aliphatic carbocycles. The standard InChI is InChI=1S/C20H19FN4O7/c21-13-3-1-12(2-4-13)19(28)24-16(9-10-17(22)26)20(29)32-11-18(27)23-14-5-7-15(8-6-14)25(30)31/h1-8,16H,9-11H2,(H2,22,26)(H,23,27)(H,24,28)/t16-/m1/s1. The molecule has 0 aromatic heterocycles. The van der Waals surface area contributed by atoms with Crippen LogP contribution >= 0.6 is 0 Å². The SMILES string of the molecule is NC(=O)CC[C@@H](NC(=O)c1ccc(F)cc1)C(=O)OCC(=O)Nc1ccc([N+](=O)[O-])cc1. The van der Waals surface area contributed by atoms with E-state index in [0.29, 0.717) is 0 Å². The summed E-state index contributed by atoms with van der Waals surface area (Å²) in [6.07, 6.45) is -0.413. The third kappa shape index (κ3) is 7.48. The second-order valence-electron chi connectivity index (χ2n) is 6.50. The van der Waals surface area contributed by atoms with Crippen molar-refractivity contribution >= 4 is 35.1 Å². The summed E-state index contributed by atoms with van der Waals surface area (Å²) in [4.78, 5) is 57.7. The Labute approximate surface area is 180 Å². The number of amides is 3. The number of hydrogen-bond acceptors (Lipinski definition) is 7. The van der Waals surface area contributed by atoms with Gasteiger partial charge in [-0.05, 0) is 42.8 Å². The second-order valence-corrected chi connectivity index (χ2v) is 6.50. The van der Waals surface area contributed by atoms with Crippen LogP contribution in [0.3, 0.4) is 0 Å². The van der Waals surface area contributed by atoms with E-state index in [1.54, 1.807) is 0 Å². The number of nitrogens with one attached hydrogen (secondary N) is 2. The molecule has 1 atom stereocenters. The second kappa shape index (κ2) is 11.2. The number of hydrogen-bond donors (Lipinski definition) is 3. The summed E-state index contributed by atoms with van der Waals surface area (Å²) < 4.78 is 17.9. The zero-order valence-electron chi connectivity index (χ0n) is 16.6. The van der Waals surface area contributed by atoms with Crippen molar-refractivity contribution in [3.63, 3.8) is 0 Å². The maximum atomic E-state index is 13.0. The van der Waals surface area contributed by atoms with Gasteiger partial charge >= 0.3 is 5.97 Å². The monoisotopic (exact) mass is 446 g/mol. The largest absolute Gasteiger partial charge is 0.454 e. The molecule has 2 aromatic rings. The quantitative estimate of drug-likeness (QED) is 0.280. The number of carbonyl (C=O) groups excluding carboxylic acids is 4. The molecule has 32 heavy (non-hydrogen) atoms. The number of benzene rings is 2. The number of ether oxygens (including phenoxy) is 1. The number of nitro groups is 1. The van der Waals surface area contributed by atoms with E-state index in [4.69, 9.17) is 10.5 Å². The number of primary amides is 1. The lowest BCUT2D eigenvalue weighted by Gasteiger charge is -2.17. The number of non-ortho nitro benzene ring substituents is 1. The zero-order chi connectivity index (χ0) is 23.7. The molecule has 3 amide bonds. The zero-order valence-corrected chi connectivity index (χ0v) is 16.6. The molecule has 0 spiro atoms. The average molecular weight is 446 g/mol. The van der Waals surface area contributed by atoms with E-state index in [2.05, 4.69) is 10.6 Å². The van der Waals surface area contributed by atoms with Gasteiger partial charge in [-0.25, -0.2) is 9.18 Å². The van der Waals surface area contributed by atoms with Crippen LogP contribution in [0.15, 0.2) is 48.5 Å². The molecule has 0 fully saturated rings. The van der Waals surface area contributed by atoms with E-state index in [9.17, 15) is 33.7 Å². The average Bonchev–Trinajstić information content (AvgIpc) is 2.75. The van der Waals surface area contributed by atoms with Crippen LogP contribution in [0, 0.1) is 15.9 Å². The molecule has 0 unspecified atom stereocenters. The Morgan fingerprint density at radius 3 is 2.25 bits per heavy atom. The predicted octanol–water partition coefficient (Wildman–Crippen LogP) is 1.28. The van der Waals surface area contributed by atoms with Crippen LogP contribution in [-0.2, 0) is 19.1 Å². The van der Waals surface area contributed by atoms with E-state index in [-0.39, 0.29) is 29.8 Å². The van der Waals surface area contributed by atoms with E-state index in [0.717, 1.165) is 12.1 Å². The van der Waals surface area contributed by atoms with E-state index in [1.807, 2.05) is 0 Å². The lowest BCUT2D eigenvalue weighted by atomic mass is 10.1. The first-order chi connectivity index (χ1) is 15.2. The molecule has 0 radical (unpaired) electrons. The van der Waals surface area contributed by atoms with Crippen LogP contribution in [0.1, 0.15) is 23.2 Å². The van der Waals surface area contributed by atoms with Gasteiger partial charge in [-0.3, -0.25) is 24.5 Å². The van der Waals surface area contributed by atoms with Gasteiger partial charge in [-0.15, -0.1) is 0 Å². The number of carbonyl (C=O) groups is 4. The van der Waals surface area contributed by atoms with Gasteiger partial charge in [0.25, 0.3) is 17.5 Å². The van der Waals surface area contributed by atoms with Gasteiger partial charge in [-0.2, -0.15) is 0 Å². The Balaban J connectivity index is 1.95. The van der Waals surface area contributed by atoms with Gasteiger partial charge in [0.1, 0.15) is 11.9 Å². The van der Waals surface area contributed by atoms with Gasteiger partial charge in [0.05, 0.1) is 4.92 Å². The molecule has 4 N–H and O–H groups in total. The van der Waals surface area contributed by atoms with Crippen LogP contribution in [0.25, 0.3) is 0 Å². The molecule has 2 rings (SSSR count). The molecule has 11 nitrogen and oxygen atoms in total. The van der Waals surface area contributed by atoms with Gasteiger partial charge in [0.2, 0.25) is 5.91 Å². The van der Waals surface area contributed by atoms with Crippen molar-refractivity contribution in [2.24, 2.45) is 5.73 Å². The van der Waals surface area contributed by atoms with E-state index < -0.39 is 47.1 Å². The molecule has 0 aliphatic rings. The lowest BCUT2D eigenvalue weighted by Crippen LogP contribution is -2.43. The highest BCUT2D eigenvalue weighted by atomic mass is 19.1. The minimum atomic E-state index is -1.28. The molecule has 0 heterocycles. The number of rotatable bonds is 10. The Morgan fingerprint density at radius 2 is 1.69 bits per heavy atom. The molecule has 0 aliphatic heterocycles. The Kier molecular flexibility index (Phi) is 8.34. The smallest absolute Gasteiger partial charge is 0.329 e. The van der Waals surface area contributed by atoms with Crippen molar-refractivity contribution in [1.29, 1.82) is 0 Å². The summed E-state index contributed by atoms with van der Waals surface area (Å²) in [7, 11) is 0. The highest BCUT2D eigenvalue weighted by Crippen LogP contribution is 2.15. The van der Waals surface area contributed by atoms with Gasteiger partial charge in [0.15, 0.2) is 6.61 Å². The van der Waals surface area contributed by atoms with Crippen LogP contribution in [0.2, 0.25) is 0 Å². The summed E-state index contributed by atoms with van der Waals surface area (Å²) >= 11 is 0. The molecule has 0 bridgehead atoms. The van der Waals surface area contributed by atoms with Crippen molar-refractivity contribution in [1.82, 2.24) is 5.32 Å². The van der Waals surface area contributed by atoms with Gasteiger partial charge in [-0.1, -0.05) is 0 Å². The van der Waals surface area contributed by atoms with Gasteiger partial charge < -0.3 is 21.1 Å². The fourth-order valence-corrected chi connectivity index (χ4v) is 2.48. The third-order valence-corrected chi connectivity index (χ3v) is 4.08. The highest BCUT2D eigenvalue weighted by molar-refractivity contribution is 5.97. The minimum absolute atomic E-state index is 0.0687. The number of nitrogens with two attached hydrogens (primary N) is 1. The van der Waals surface area contributed by atoms with Crippen molar-refractivity contribution in [2.75, 3.05) is 11.9 Å². The molecule has 168 valence electrons. The van der Waals surface area contributed by atoms with Crippen LogP contribution in [0.4, 0.5) is 15.8 Å². The van der Waals surface area contributed by atoms with Crippen LogP contribution < -0.4 is 16.4 Å². The number of nitro benzene ring substituents is 1. The van der Waals surface area contributed by atoms with Gasteiger partial charge in [0, 0.05) is 29.8 Å². The summed E-state index contributed by atoms with van der Waals surface area (Å²) in [5.74, 6) is -3.70. The fourth-order valence-electron chi connectivity index (χ4n) is 2.48. The molecule has 12 heteroatoms. The van der Waals surface area contributed by atoms with Crippen molar-refractivity contribution in [3.8, 4) is 0 Å². The Morgan fingerprint density at radius 1 is 1.06 bits per heavy atom. The number of nitrogens with zero attached hydrogens (tertiary/aromatic N) is 1. The molecule has 0 saturated carbocycles. The molecule has 2 aromatic carbocycles. The highest BCUT2D eigenvalue weighted by Gasteiger charge is 2.24. The fraction of sp³-hybridized carbons (Fsp3) is 0.200. The molecule has 0 saturated heterocycles. The van der Waals surface area contributed by atoms with Crippen molar-refractivity contribution in [3.05, 3.63) is 70.0 Å². The van der Waals surface area contributed by atoms with Crippen molar-refractivity contribution < 1.29 is 33.2 Å². The lowest BCUT2D eigenvalue weighted by molar-refractivity contribution is -0.384. The summed E-state index contributed by atoms with van der Waals surface area (Å²) in [5, 5.41) is 15.4. The first kappa shape index (κ1) is 23.9. The van der Waals surface area contributed by atoms with E-state index in [1.165, 1.54) is 36.4 Å². The van der Waals surface area contributed by atoms with Crippen LogP contribution in [-0.4, -0.2) is 41.3 Å².